The van der Waals surface area contributed by atoms with Crippen molar-refractivity contribution in [1.29, 1.82) is 0 Å². The molecule has 2 aliphatic rings. The minimum absolute atomic E-state index is 0.00831. The quantitative estimate of drug-likeness (QED) is 0.737. The van der Waals surface area contributed by atoms with E-state index in [1.165, 1.54) is 25.5 Å². The van der Waals surface area contributed by atoms with Crippen LogP contribution in [0.5, 0.6) is 0 Å². The van der Waals surface area contributed by atoms with E-state index in [1.807, 2.05) is 4.90 Å². The van der Waals surface area contributed by atoms with Gasteiger partial charge in [-0.15, -0.1) is 0 Å². The average molecular weight is 288 g/mol. The molecule has 5 nitrogen and oxygen atoms in total. The number of hydrogen-bond donors (Lipinski definition) is 1. The maximum atomic E-state index is 12.2. The summed E-state index contributed by atoms with van der Waals surface area (Å²) >= 11 is 0. The van der Waals surface area contributed by atoms with Crippen LogP contribution in [0.4, 0.5) is 0 Å². The molecule has 1 amide bonds. The Hall–Kier alpha value is -0.620. The van der Waals surface area contributed by atoms with Crippen molar-refractivity contribution >= 4 is 15.7 Å². The highest BCUT2D eigenvalue weighted by Gasteiger charge is 2.29. The monoisotopic (exact) mass is 288 g/mol. The van der Waals surface area contributed by atoms with E-state index < -0.39 is 9.84 Å². The molecule has 1 aliphatic heterocycles. The summed E-state index contributed by atoms with van der Waals surface area (Å²) in [5, 5.41) is 3.40. The minimum atomic E-state index is -3.06. The molecule has 19 heavy (non-hydrogen) atoms. The molecule has 1 saturated heterocycles. The zero-order valence-electron chi connectivity index (χ0n) is 11.6. The van der Waals surface area contributed by atoms with Gasteiger partial charge in [-0.1, -0.05) is 0 Å². The van der Waals surface area contributed by atoms with Crippen LogP contribution < -0.4 is 5.32 Å². The van der Waals surface area contributed by atoms with Crippen LogP contribution in [0, 0.1) is 5.92 Å². The zero-order valence-corrected chi connectivity index (χ0v) is 12.4. The molecule has 1 N–H and O–H groups in total. The summed E-state index contributed by atoms with van der Waals surface area (Å²) in [6.07, 6.45) is 5.99. The highest BCUT2D eigenvalue weighted by atomic mass is 32.2. The molecule has 1 heterocycles. The van der Waals surface area contributed by atoms with Crippen LogP contribution in [0.25, 0.3) is 0 Å². The maximum absolute atomic E-state index is 12.2. The topological polar surface area (TPSA) is 66.5 Å². The highest BCUT2D eigenvalue weighted by Crippen LogP contribution is 2.30. The predicted molar refractivity (Wildman–Crippen MR) is 74.7 cm³/mol. The van der Waals surface area contributed by atoms with Crippen LogP contribution in [0.3, 0.4) is 0 Å². The first-order valence-corrected chi connectivity index (χ1v) is 9.19. The summed E-state index contributed by atoms with van der Waals surface area (Å²) in [6, 6.07) is 0.390. The smallest absolute Gasteiger partial charge is 0.223 e. The molecular weight excluding hydrogens is 264 g/mol. The van der Waals surface area contributed by atoms with Crippen LogP contribution in [0.15, 0.2) is 0 Å². The Kier molecular flexibility index (Phi) is 4.84. The Bertz CT molecular complexity index is 412. The maximum Gasteiger partial charge on any atom is 0.223 e. The molecule has 110 valence electrons. The van der Waals surface area contributed by atoms with Gasteiger partial charge in [-0.25, -0.2) is 8.42 Å². The number of rotatable bonds is 7. The van der Waals surface area contributed by atoms with Crippen LogP contribution in [0.1, 0.15) is 32.1 Å². The lowest BCUT2D eigenvalue weighted by Gasteiger charge is -2.26. The molecule has 0 aromatic heterocycles. The number of sulfone groups is 1. The van der Waals surface area contributed by atoms with Crippen molar-refractivity contribution in [3.8, 4) is 0 Å². The zero-order chi connectivity index (χ0) is 13.9. The van der Waals surface area contributed by atoms with Crippen LogP contribution in [-0.2, 0) is 14.6 Å². The standard InChI is InChI=1S/C13H24N2O3S/c1-19(17,18)8-6-13(16)15(9-11-4-5-11)10-12-3-2-7-14-12/h11-12,14H,2-10H2,1H3. The van der Waals surface area contributed by atoms with Crippen molar-refractivity contribution in [1.82, 2.24) is 10.2 Å². The van der Waals surface area contributed by atoms with Crippen molar-refractivity contribution in [3.05, 3.63) is 0 Å². The molecule has 0 bridgehead atoms. The molecule has 2 fully saturated rings. The first-order valence-electron chi connectivity index (χ1n) is 7.13. The number of carbonyl (C=O) groups excluding carboxylic acids is 1. The van der Waals surface area contributed by atoms with Crippen molar-refractivity contribution < 1.29 is 13.2 Å². The summed E-state index contributed by atoms with van der Waals surface area (Å²) in [5.74, 6) is 0.597. The van der Waals surface area contributed by atoms with Crippen LogP contribution in [-0.4, -0.2) is 56.9 Å². The van der Waals surface area contributed by atoms with Crippen molar-refractivity contribution in [2.75, 3.05) is 31.6 Å². The second-order valence-corrected chi connectivity index (χ2v) is 8.18. The van der Waals surface area contributed by atoms with Gasteiger partial charge in [-0.2, -0.15) is 0 Å². The van der Waals surface area contributed by atoms with Gasteiger partial charge in [0, 0.05) is 31.8 Å². The second kappa shape index (κ2) is 6.22. The SMILES string of the molecule is CS(=O)(=O)CCC(=O)N(CC1CC1)CC1CCCN1. The van der Waals surface area contributed by atoms with E-state index in [2.05, 4.69) is 5.32 Å². The second-order valence-electron chi connectivity index (χ2n) is 5.92. The van der Waals surface area contributed by atoms with Gasteiger partial charge in [0.05, 0.1) is 5.75 Å². The minimum Gasteiger partial charge on any atom is -0.341 e. The fourth-order valence-electron chi connectivity index (χ4n) is 2.50. The van der Waals surface area contributed by atoms with Crippen molar-refractivity contribution in [3.63, 3.8) is 0 Å². The van der Waals surface area contributed by atoms with Crippen LogP contribution in [0.2, 0.25) is 0 Å². The van der Waals surface area contributed by atoms with Gasteiger partial charge in [0.2, 0.25) is 5.91 Å². The number of hydrogen-bond acceptors (Lipinski definition) is 4. The molecule has 1 saturated carbocycles. The average Bonchev–Trinajstić information content (AvgIpc) is 2.99. The van der Waals surface area contributed by atoms with Crippen LogP contribution >= 0.6 is 0 Å². The third-order valence-electron chi connectivity index (χ3n) is 3.82. The first kappa shape index (κ1) is 14.8. The summed E-state index contributed by atoms with van der Waals surface area (Å²) in [7, 11) is -3.06. The van der Waals surface area contributed by atoms with Crippen molar-refractivity contribution in [2.45, 2.75) is 38.1 Å². The van der Waals surface area contributed by atoms with E-state index >= 15 is 0 Å². The Labute approximate surface area is 115 Å². The van der Waals surface area contributed by atoms with E-state index in [4.69, 9.17) is 0 Å². The molecule has 2 rings (SSSR count). The fourth-order valence-corrected chi connectivity index (χ4v) is 3.05. The summed E-state index contributed by atoms with van der Waals surface area (Å²) in [5.41, 5.74) is 0. The highest BCUT2D eigenvalue weighted by molar-refractivity contribution is 7.90. The molecule has 0 aromatic carbocycles. The molecule has 0 spiro atoms. The lowest BCUT2D eigenvalue weighted by Crippen LogP contribution is -2.42. The predicted octanol–water partition coefficient (Wildman–Crippen LogP) is 0.412. The molecule has 0 radical (unpaired) electrons. The third-order valence-corrected chi connectivity index (χ3v) is 4.76. The van der Waals surface area contributed by atoms with Crippen molar-refractivity contribution in [2.24, 2.45) is 5.92 Å². The molecule has 6 heteroatoms. The molecule has 1 aliphatic carbocycles. The molecule has 1 atom stereocenters. The first-order chi connectivity index (χ1) is 8.94. The fraction of sp³-hybridized carbons (Fsp3) is 0.923. The summed E-state index contributed by atoms with van der Waals surface area (Å²) < 4.78 is 22.3. The van der Waals surface area contributed by atoms with E-state index in [1.54, 1.807) is 0 Å². The Morgan fingerprint density at radius 1 is 1.26 bits per heavy atom. The normalized spacial score (nSPS) is 23.5. The third kappa shape index (κ3) is 5.48. The lowest BCUT2D eigenvalue weighted by molar-refractivity contribution is -0.131. The van der Waals surface area contributed by atoms with Gasteiger partial charge in [-0.3, -0.25) is 4.79 Å². The van der Waals surface area contributed by atoms with E-state index in [9.17, 15) is 13.2 Å². The number of nitrogens with zero attached hydrogens (tertiary/aromatic N) is 1. The summed E-state index contributed by atoms with van der Waals surface area (Å²) in [6.45, 7) is 2.57. The lowest BCUT2D eigenvalue weighted by atomic mass is 10.2. The Balaban J connectivity index is 1.85. The van der Waals surface area contributed by atoms with Gasteiger partial charge in [-0.05, 0) is 38.1 Å². The number of amides is 1. The van der Waals surface area contributed by atoms with E-state index in [-0.39, 0.29) is 18.1 Å². The Morgan fingerprint density at radius 3 is 2.53 bits per heavy atom. The number of carbonyl (C=O) groups is 1. The summed E-state index contributed by atoms with van der Waals surface area (Å²) in [4.78, 5) is 14.1. The Morgan fingerprint density at radius 2 is 2.00 bits per heavy atom. The van der Waals surface area contributed by atoms with Gasteiger partial charge >= 0.3 is 0 Å². The van der Waals surface area contributed by atoms with Gasteiger partial charge in [0.1, 0.15) is 9.84 Å². The van der Waals surface area contributed by atoms with E-state index in [0.29, 0.717) is 12.0 Å². The molecule has 1 unspecified atom stereocenters. The largest absolute Gasteiger partial charge is 0.341 e. The molecular formula is C13H24N2O3S. The van der Waals surface area contributed by atoms with Gasteiger partial charge in [0.15, 0.2) is 0 Å². The van der Waals surface area contributed by atoms with E-state index in [0.717, 1.165) is 26.1 Å². The van der Waals surface area contributed by atoms with Gasteiger partial charge in [0.25, 0.3) is 0 Å². The van der Waals surface area contributed by atoms with Gasteiger partial charge < -0.3 is 10.2 Å². The number of nitrogens with one attached hydrogen (secondary N) is 1. The molecule has 0 aromatic rings.